The standard InChI is InChI=1S/C14H23N3O2/c1-17-5-2-11(10-17)9-16-13(8-14(15)18)12-3-6-19-7-4-12/h2,5,10,12-13,16H,3-4,6-9H2,1H3,(H2,15,18)/t13-/m1/s1. The molecule has 1 amide bonds. The van der Waals surface area contributed by atoms with Crippen LogP contribution in [0.3, 0.4) is 0 Å². The summed E-state index contributed by atoms with van der Waals surface area (Å²) in [6, 6.07) is 2.24. The largest absolute Gasteiger partial charge is 0.381 e. The van der Waals surface area contributed by atoms with Crippen LogP contribution in [-0.2, 0) is 23.1 Å². The molecule has 5 nitrogen and oxygen atoms in total. The molecule has 0 aliphatic carbocycles. The monoisotopic (exact) mass is 265 g/mol. The zero-order chi connectivity index (χ0) is 13.7. The predicted octanol–water partition coefficient (Wildman–Crippen LogP) is 0.785. The van der Waals surface area contributed by atoms with Crippen LogP contribution in [0.2, 0.25) is 0 Å². The van der Waals surface area contributed by atoms with Gasteiger partial charge in [-0.1, -0.05) is 0 Å². The molecule has 0 radical (unpaired) electrons. The lowest BCUT2D eigenvalue weighted by molar-refractivity contribution is -0.119. The van der Waals surface area contributed by atoms with Gasteiger partial charge in [0.25, 0.3) is 0 Å². The van der Waals surface area contributed by atoms with Gasteiger partial charge in [-0.25, -0.2) is 0 Å². The third-order valence-electron chi connectivity index (χ3n) is 3.72. The summed E-state index contributed by atoms with van der Waals surface area (Å²) >= 11 is 0. The van der Waals surface area contributed by atoms with Crippen LogP contribution in [0.4, 0.5) is 0 Å². The van der Waals surface area contributed by atoms with Crippen molar-refractivity contribution < 1.29 is 9.53 Å². The highest BCUT2D eigenvalue weighted by atomic mass is 16.5. The first kappa shape index (κ1) is 14.1. The van der Waals surface area contributed by atoms with Crippen LogP contribution < -0.4 is 11.1 Å². The molecule has 2 heterocycles. The Bertz CT molecular complexity index is 411. The Labute approximate surface area is 114 Å². The van der Waals surface area contributed by atoms with E-state index in [2.05, 4.69) is 17.6 Å². The smallest absolute Gasteiger partial charge is 0.218 e. The van der Waals surface area contributed by atoms with Gasteiger partial charge in [0, 0.05) is 51.7 Å². The maximum atomic E-state index is 11.2. The summed E-state index contributed by atoms with van der Waals surface area (Å²) in [7, 11) is 2.00. The fourth-order valence-corrected chi connectivity index (χ4v) is 2.65. The second-order valence-corrected chi connectivity index (χ2v) is 5.29. The number of amides is 1. The number of carbonyl (C=O) groups is 1. The van der Waals surface area contributed by atoms with Gasteiger partial charge in [0.2, 0.25) is 5.91 Å². The highest BCUT2D eigenvalue weighted by Crippen LogP contribution is 2.21. The lowest BCUT2D eigenvalue weighted by Gasteiger charge is -2.30. The molecule has 1 aliphatic rings. The quantitative estimate of drug-likeness (QED) is 0.799. The molecule has 0 aromatic carbocycles. The van der Waals surface area contributed by atoms with Gasteiger partial charge in [0.15, 0.2) is 0 Å². The molecule has 19 heavy (non-hydrogen) atoms. The van der Waals surface area contributed by atoms with E-state index in [-0.39, 0.29) is 11.9 Å². The molecular weight excluding hydrogens is 242 g/mol. The Kier molecular flexibility index (Phi) is 4.99. The molecule has 0 bridgehead atoms. The van der Waals surface area contributed by atoms with E-state index in [0.717, 1.165) is 32.6 Å². The maximum absolute atomic E-state index is 11.2. The number of primary amides is 1. The van der Waals surface area contributed by atoms with E-state index in [1.807, 2.05) is 17.8 Å². The summed E-state index contributed by atoms with van der Waals surface area (Å²) in [6.45, 7) is 2.34. The van der Waals surface area contributed by atoms with E-state index in [4.69, 9.17) is 10.5 Å². The van der Waals surface area contributed by atoms with Crippen molar-refractivity contribution in [3.05, 3.63) is 24.0 Å². The van der Waals surface area contributed by atoms with Crippen molar-refractivity contribution in [2.45, 2.75) is 31.8 Å². The lowest BCUT2D eigenvalue weighted by Crippen LogP contribution is -2.41. The zero-order valence-corrected chi connectivity index (χ0v) is 11.5. The summed E-state index contributed by atoms with van der Waals surface area (Å²) < 4.78 is 7.40. The van der Waals surface area contributed by atoms with Gasteiger partial charge in [-0.3, -0.25) is 4.79 Å². The topological polar surface area (TPSA) is 69.3 Å². The average molecular weight is 265 g/mol. The third kappa shape index (κ3) is 4.36. The Morgan fingerprint density at radius 2 is 2.32 bits per heavy atom. The van der Waals surface area contributed by atoms with Gasteiger partial charge in [-0.2, -0.15) is 0 Å². The number of hydrogen-bond donors (Lipinski definition) is 2. The number of nitrogens with one attached hydrogen (secondary N) is 1. The first-order chi connectivity index (χ1) is 9.15. The first-order valence-electron chi connectivity index (χ1n) is 6.85. The molecule has 1 aliphatic heterocycles. The van der Waals surface area contributed by atoms with E-state index in [1.165, 1.54) is 5.56 Å². The minimum Gasteiger partial charge on any atom is -0.381 e. The van der Waals surface area contributed by atoms with Crippen LogP contribution in [0.25, 0.3) is 0 Å². The van der Waals surface area contributed by atoms with Gasteiger partial charge in [0.1, 0.15) is 0 Å². The summed E-state index contributed by atoms with van der Waals surface area (Å²) in [6.07, 6.45) is 6.50. The maximum Gasteiger partial charge on any atom is 0.218 e. The fourth-order valence-electron chi connectivity index (χ4n) is 2.65. The number of hydrogen-bond acceptors (Lipinski definition) is 3. The van der Waals surface area contributed by atoms with Gasteiger partial charge in [-0.05, 0) is 30.4 Å². The third-order valence-corrected chi connectivity index (χ3v) is 3.72. The SMILES string of the molecule is Cn1ccc(CN[C@H](CC(N)=O)C2CCOCC2)c1. The summed E-state index contributed by atoms with van der Waals surface area (Å²) in [5.74, 6) is 0.238. The predicted molar refractivity (Wildman–Crippen MR) is 73.4 cm³/mol. The van der Waals surface area contributed by atoms with Gasteiger partial charge >= 0.3 is 0 Å². The van der Waals surface area contributed by atoms with Gasteiger partial charge in [-0.15, -0.1) is 0 Å². The number of carbonyl (C=O) groups excluding carboxylic acids is 1. The average Bonchev–Trinajstić information content (AvgIpc) is 2.81. The Morgan fingerprint density at radius 1 is 1.58 bits per heavy atom. The summed E-state index contributed by atoms with van der Waals surface area (Å²) in [5.41, 5.74) is 6.58. The van der Waals surface area contributed by atoms with E-state index in [0.29, 0.717) is 12.3 Å². The normalized spacial score (nSPS) is 18.4. The minimum absolute atomic E-state index is 0.154. The van der Waals surface area contributed by atoms with Crippen LogP contribution in [0.15, 0.2) is 18.5 Å². The summed E-state index contributed by atoms with van der Waals surface area (Å²) in [4.78, 5) is 11.2. The van der Waals surface area contributed by atoms with Gasteiger partial charge < -0.3 is 20.4 Å². The van der Waals surface area contributed by atoms with E-state index in [1.54, 1.807) is 0 Å². The molecular formula is C14H23N3O2. The van der Waals surface area contributed by atoms with E-state index < -0.39 is 0 Å². The van der Waals surface area contributed by atoms with Crippen molar-refractivity contribution in [1.29, 1.82) is 0 Å². The number of aryl methyl sites for hydroxylation is 1. The van der Waals surface area contributed by atoms with Crippen molar-refractivity contribution in [2.24, 2.45) is 18.7 Å². The molecule has 1 aromatic heterocycles. The number of rotatable bonds is 6. The van der Waals surface area contributed by atoms with Crippen LogP contribution in [-0.4, -0.2) is 29.7 Å². The molecule has 1 aromatic rings. The molecule has 0 saturated carbocycles. The first-order valence-corrected chi connectivity index (χ1v) is 6.85. The Morgan fingerprint density at radius 3 is 2.89 bits per heavy atom. The highest BCUT2D eigenvalue weighted by Gasteiger charge is 2.25. The molecule has 1 saturated heterocycles. The van der Waals surface area contributed by atoms with Crippen molar-refractivity contribution in [2.75, 3.05) is 13.2 Å². The number of aromatic nitrogens is 1. The fraction of sp³-hybridized carbons (Fsp3) is 0.643. The van der Waals surface area contributed by atoms with Crippen LogP contribution in [0.5, 0.6) is 0 Å². The van der Waals surface area contributed by atoms with Crippen LogP contribution in [0, 0.1) is 5.92 Å². The number of nitrogens with zero attached hydrogens (tertiary/aromatic N) is 1. The molecule has 1 fully saturated rings. The number of ether oxygens (including phenoxy) is 1. The van der Waals surface area contributed by atoms with Crippen molar-refractivity contribution in [3.63, 3.8) is 0 Å². The van der Waals surface area contributed by atoms with Crippen LogP contribution >= 0.6 is 0 Å². The molecule has 0 unspecified atom stereocenters. The Balaban J connectivity index is 1.90. The molecule has 106 valence electrons. The lowest BCUT2D eigenvalue weighted by atomic mass is 9.89. The second kappa shape index (κ2) is 6.73. The van der Waals surface area contributed by atoms with Crippen molar-refractivity contribution in [1.82, 2.24) is 9.88 Å². The van der Waals surface area contributed by atoms with Gasteiger partial charge in [0.05, 0.1) is 0 Å². The van der Waals surface area contributed by atoms with Crippen molar-refractivity contribution in [3.8, 4) is 0 Å². The van der Waals surface area contributed by atoms with Crippen LogP contribution in [0.1, 0.15) is 24.8 Å². The molecule has 3 N–H and O–H groups in total. The molecule has 1 atom stereocenters. The van der Waals surface area contributed by atoms with E-state index in [9.17, 15) is 4.79 Å². The minimum atomic E-state index is -0.239. The second-order valence-electron chi connectivity index (χ2n) is 5.29. The Hall–Kier alpha value is -1.33. The zero-order valence-electron chi connectivity index (χ0n) is 11.5. The molecule has 2 rings (SSSR count). The van der Waals surface area contributed by atoms with E-state index >= 15 is 0 Å². The number of nitrogens with two attached hydrogens (primary N) is 1. The summed E-state index contributed by atoms with van der Waals surface area (Å²) in [5, 5.41) is 3.48. The molecule has 0 spiro atoms. The van der Waals surface area contributed by atoms with Crippen molar-refractivity contribution >= 4 is 5.91 Å². The molecule has 5 heteroatoms. The highest BCUT2D eigenvalue weighted by molar-refractivity contribution is 5.74.